The number of halogens is 1. The Balaban J connectivity index is 2.82. The molecule has 0 aromatic heterocycles. The Morgan fingerprint density at radius 3 is 2.67 bits per heavy atom. The Labute approximate surface area is 78.5 Å². The fourth-order valence-corrected chi connectivity index (χ4v) is 1.34. The second-order valence-corrected chi connectivity index (χ2v) is 3.67. The SMILES string of the molecule is Cc1ccc(CC(C)N)cc1Cl. The fourth-order valence-electron chi connectivity index (χ4n) is 1.14. The number of nitrogens with two attached hydrogens (primary N) is 1. The van der Waals surface area contributed by atoms with Crippen LogP contribution in [0.4, 0.5) is 0 Å². The van der Waals surface area contributed by atoms with E-state index in [1.165, 1.54) is 5.56 Å². The van der Waals surface area contributed by atoms with Crippen molar-refractivity contribution in [3.63, 3.8) is 0 Å². The molecule has 0 heterocycles. The molecule has 0 aliphatic rings. The van der Waals surface area contributed by atoms with Crippen molar-refractivity contribution in [1.29, 1.82) is 0 Å². The molecule has 0 aliphatic carbocycles. The van der Waals surface area contributed by atoms with Gasteiger partial charge in [0.1, 0.15) is 0 Å². The molecule has 1 atom stereocenters. The molecule has 1 rings (SSSR count). The standard InChI is InChI=1S/C10H14ClN/c1-7-3-4-9(5-8(2)12)6-10(7)11/h3-4,6,8H,5,12H2,1-2H3. The lowest BCUT2D eigenvalue weighted by atomic mass is 10.1. The van der Waals surface area contributed by atoms with E-state index in [-0.39, 0.29) is 6.04 Å². The molecule has 1 nitrogen and oxygen atoms in total. The zero-order chi connectivity index (χ0) is 9.14. The fraction of sp³-hybridized carbons (Fsp3) is 0.400. The first-order valence-corrected chi connectivity index (χ1v) is 4.48. The maximum atomic E-state index is 5.96. The van der Waals surface area contributed by atoms with Gasteiger partial charge in [-0.15, -0.1) is 0 Å². The van der Waals surface area contributed by atoms with Crippen molar-refractivity contribution in [3.8, 4) is 0 Å². The summed E-state index contributed by atoms with van der Waals surface area (Å²) < 4.78 is 0. The van der Waals surface area contributed by atoms with Crippen molar-refractivity contribution in [2.24, 2.45) is 5.73 Å². The predicted molar refractivity (Wildman–Crippen MR) is 53.5 cm³/mol. The molecule has 1 aromatic carbocycles. The topological polar surface area (TPSA) is 26.0 Å². The van der Waals surface area contributed by atoms with Crippen molar-refractivity contribution < 1.29 is 0 Å². The molecule has 0 amide bonds. The molecular weight excluding hydrogens is 170 g/mol. The quantitative estimate of drug-likeness (QED) is 0.750. The van der Waals surface area contributed by atoms with Gasteiger partial charge in [-0.25, -0.2) is 0 Å². The summed E-state index contributed by atoms with van der Waals surface area (Å²) in [7, 11) is 0. The van der Waals surface area contributed by atoms with E-state index in [1.54, 1.807) is 0 Å². The monoisotopic (exact) mass is 183 g/mol. The van der Waals surface area contributed by atoms with Crippen molar-refractivity contribution in [1.82, 2.24) is 0 Å². The summed E-state index contributed by atoms with van der Waals surface area (Å²) in [6.45, 7) is 3.99. The molecule has 0 radical (unpaired) electrons. The molecule has 12 heavy (non-hydrogen) atoms. The first-order chi connectivity index (χ1) is 5.59. The first kappa shape index (κ1) is 9.56. The highest BCUT2D eigenvalue weighted by Gasteiger charge is 2.00. The van der Waals surface area contributed by atoms with Gasteiger partial charge >= 0.3 is 0 Å². The summed E-state index contributed by atoms with van der Waals surface area (Å²) in [5.41, 5.74) is 7.99. The normalized spacial score (nSPS) is 13.0. The molecule has 1 aromatic rings. The molecule has 0 aliphatic heterocycles. The Bertz CT molecular complexity index is 269. The zero-order valence-electron chi connectivity index (χ0n) is 7.47. The molecule has 2 N–H and O–H groups in total. The number of rotatable bonds is 2. The van der Waals surface area contributed by atoms with Gasteiger partial charge in [0.25, 0.3) is 0 Å². The maximum Gasteiger partial charge on any atom is 0.0437 e. The molecular formula is C10H14ClN. The third kappa shape index (κ3) is 2.50. The van der Waals surface area contributed by atoms with Crippen LogP contribution in [-0.4, -0.2) is 6.04 Å². The van der Waals surface area contributed by atoms with Crippen LogP contribution >= 0.6 is 11.6 Å². The van der Waals surface area contributed by atoms with Crippen LogP contribution in [0.5, 0.6) is 0 Å². The molecule has 0 bridgehead atoms. The number of aryl methyl sites for hydroxylation is 1. The van der Waals surface area contributed by atoms with E-state index in [2.05, 4.69) is 6.07 Å². The molecule has 2 heteroatoms. The lowest BCUT2D eigenvalue weighted by Crippen LogP contribution is -2.17. The lowest BCUT2D eigenvalue weighted by molar-refractivity contribution is 0.738. The zero-order valence-corrected chi connectivity index (χ0v) is 8.23. The first-order valence-electron chi connectivity index (χ1n) is 4.10. The van der Waals surface area contributed by atoms with Gasteiger partial charge in [0, 0.05) is 11.1 Å². The highest BCUT2D eigenvalue weighted by atomic mass is 35.5. The minimum atomic E-state index is 0.198. The summed E-state index contributed by atoms with van der Waals surface area (Å²) in [5, 5.41) is 0.827. The lowest BCUT2D eigenvalue weighted by Gasteiger charge is -2.06. The Morgan fingerprint density at radius 1 is 1.50 bits per heavy atom. The van der Waals surface area contributed by atoms with Gasteiger partial charge < -0.3 is 5.73 Å². The Kier molecular flexibility index (Phi) is 3.12. The van der Waals surface area contributed by atoms with Crippen LogP contribution in [0, 0.1) is 6.92 Å². The largest absolute Gasteiger partial charge is 0.328 e. The molecule has 0 saturated carbocycles. The van der Waals surface area contributed by atoms with E-state index in [0.29, 0.717) is 0 Å². The molecule has 0 fully saturated rings. The van der Waals surface area contributed by atoms with Crippen molar-refractivity contribution in [2.75, 3.05) is 0 Å². The van der Waals surface area contributed by atoms with Crippen LogP contribution in [0.2, 0.25) is 5.02 Å². The highest BCUT2D eigenvalue weighted by Crippen LogP contribution is 2.17. The number of hydrogen-bond donors (Lipinski definition) is 1. The number of benzene rings is 1. The summed E-state index contributed by atoms with van der Waals surface area (Å²) in [6.07, 6.45) is 0.889. The van der Waals surface area contributed by atoms with Gasteiger partial charge in [0.15, 0.2) is 0 Å². The summed E-state index contributed by atoms with van der Waals surface area (Å²) in [5.74, 6) is 0. The smallest absolute Gasteiger partial charge is 0.0437 e. The average molecular weight is 184 g/mol. The molecule has 66 valence electrons. The van der Waals surface area contributed by atoms with Gasteiger partial charge in [-0.05, 0) is 37.5 Å². The van der Waals surface area contributed by atoms with Gasteiger partial charge in [0.05, 0.1) is 0 Å². The molecule has 0 saturated heterocycles. The Morgan fingerprint density at radius 2 is 2.17 bits per heavy atom. The van der Waals surface area contributed by atoms with Crippen LogP contribution in [-0.2, 0) is 6.42 Å². The Hall–Kier alpha value is -0.530. The van der Waals surface area contributed by atoms with Gasteiger partial charge in [-0.3, -0.25) is 0 Å². The second kappa shape index (κ2) is 3.92. The van der Waals surface area contributed by atoms with Gasteiger partial charge in [0.2, 0.25) is 0 Å². The predicted octanol–water partition coefficient (Wildman–Crippen LogP) is 2.54. The van der Waals surface area contributed by atoms with Crippen LogP contribution in [0.25, 0.3) is 0 Å². The summed E-state index contributed by atoms with van der Waals surface area (Å²) in [6, 6.07) is 6.29. The van der Waals surface area contributed by atoms with Crippen LogP contribution in [0.15, 0.2) is 18.2 Å². The van der Waals surface area contributed by atoms with E-state index in [0.717, 1.165) is 17.0 Å². The van der Waals surface area contributed by atoms with Crippen LogP contribution in [0.1, 0.15) is 18.1 Å². The van der Waals surface area contributed by atoms with E-state index >= 15 is 0 Å². The third-order valence-corrected chi connectivity index (χ3v) is 2.20. The molecule has 0 spiro atoms. The third-order valence-electron chi connectivity index (χ3n) is 1.79. The highest BCUT2D eigenvalue weighted by molar-refractivity contribution is 6.31. The van der Waals surface area contributed by atoms with E-state index in [1.807, 2.05) is 26.0 Å². The van der Waals surface area contributed by atoms with Gasteiger partial charge in [-0.2, -0.15) is 0 Å². The summed E-state index contributed by atoms with van der Waals surface area (Å²) >= 11 is 5.96. The number of hydrogen-bond acceptors (Lipinski definition) is 1. The van der Waals surface area contributed by atoms with E-state index < -0.39 is 0 Å². The van der Waals surface area contributed by atoms with E-state index in [9.17, 15) is 0 Å². The molecule has 1 unspecified atom stereocenters. The summed E-state index contributed by atoms with van der Waals surface area (Å²) in [4.78, 5) is 0. The average Bonchev–Trinajstić information content (AvgIpc) is 1.96. The van der Waals surface area contributed by atoms with E-state index in [4.69, 9.17) is 17.3 Å². The second-order valence-electron chi connectivity index (χ2n) is 3.26. The van der Waals surface area contributed by atoms with Crippen LogP contribution < -0.4 is 5.73 Å². The van der Waals surface area contributed by atoms with Crippen molar-refractivity contribution >= 4 is 11.6 Å². The van der Waals surface area contributed by atoms with Crippen molar-refractivity contribution in [3.05, 3.63) is 34.3 Å². The van der Waals surface area contributed by atoms with Gasteiger partial charge in [-0.1, -0.05) is 23.7 Å². The van der Waals surface area contributed by atoms with Crippen molar-refractivity contribution in [2.45, 2.75) is 26.3 Å². The minimum Gasteiger partial charge on any atom is -0.328 e. The minimum absolute atomic E-state index is 0.198. The van der Waals surface area contributed by atoms with Crippen LogP contribution in [0.3, 0.4) is 0 Å². The maximum absolute atomic E-state index is 5.96.